The number of hydrogen-bond acceptors (Lipinski definition) is 4. The number of carbonyl (C=O) groups excluding carboxylic acids is 1. The van der Waals surface area contributed by atoms with E-state index in [9.17, 15) is 4.79 Å². The minimum atomic E-state index is -0.263. The Balaban J connectivity index is 2.05. The predicted octanol–water partition coefficient (Wildman–Crippen LogP) is 3.40. The van der Waals surface area contributed by atoms with Gasteiger partial charge in [0.25, 0.3) is 0 Å². The fraction of sp³-hybridized carbons (Fsp3) is 0.188. The van der Waals surface area contributed by atoms with E-state index in [1.165, 1.54) is 11.8 Å². The molecule has 21 heavy (non-hydrogen) atoms. The molecule has 3 N–H and O–H groups in total. The van der Waals surface area contributed by atoms with Gasteiger partial charge in [0.05, 0.1) is 28.6 Å². The summed E-state index contributed by atoms with van der Waals surface area (Å²) in [6.45, 7) is 1.85. The molecule has 4 nitrogen and oxygen atoms in total. The lowest BCUT2D eigenvalue weighted by molar-refractivity contribution is -0.115. The van der Waals surface area contributed by atoms with Gasteiger partial charge in [-0.25, -0.2) is 0 Å². The fourth-order valence-electron chi connectivity index (χ4n) is 1.81. The molecule has 5 heteroatoms. The highest BCUT2D eigenvalue weighted by Gasteiger charge is 2.17. The zero-order chi connectivity index (χ0) is 15.2. The third-order valence-corrected chi connectivity index (χ3v) is 4.12. The summed E-state index contributed by atoms with van der Waals surface area (Å²) >= 11 is 1.45. The first-order chi connectivity index (χ1) is 10.1. The van der Waals surface area contributed by atoms with Gasteiger partial charge in [-0.1, -0.05) is 24.3 Å². The molecule has 0 aliphatic carbocycles. The van der Waals surface area contributed by atoms with E-state index in [0.717, 1.165) is 10.6 Å². The van der Waals surface area contributed by atoms with E-state index in [4.69, 9.17) is 10.5 Å². The van der Waals surface area contributed by atoms with Crippen molar-refractivity contribution in [1.29, 1.82) is 0 Å². The molecule has 110 valence electrons. The number of nitrogens with one attached hydrogen (secondary N) is 1. The van der Waals surface area contributed by atoms with Gasteiger partial charge in [-0.15, -0.1) is 11.8 Å². The molecule has 0 fully saturated rings. The van der Waals surface area contributed by atoms with Crippen molar-refractivity contribution in [1.82, 2.24) is 0 Å². The maximum absolute atomic E-state index is 12.2. The van der Waals surface area contributed by atoms with Gasteiger partial charge in [-0.2, -0.15) is 0 Å². The Bertz CT molecular complexity index is 631. The van der Waals surface area contributed by atoms with Crippen LogP contribution in [0.2, 0.25) is 0 Å². The smallest absolute Gasteiger partial charge is 0.237 e. The van der Waals surface area contributed by atoms with E-state index < -0.39 is 0 Å². The van der Waals surface area contributed by atoms with Crippen LogP contribution in [0.25, 0.3) is 0 Å². The van der Waals surface area contributed by atoms with Gasteiger partial charge in [-0.05, 0) is 31.2 Å². The summed E-state index contributed by atoms with van der Waals surface area (Å²) in [7, 11) is 1.62. The molecule has 0 spiro atoms. The molecular formula is C16H18N2O2S. The van der Waals surface area contributed by atoms with Crippen LogP contribution in [-0.2, 0) is 4.79 Å². The molecule has 1 amide bonds. The zero-order valence-corrected chi connectivity index (χ0v) is 12.8. The quantitative estimate of drug-likeness (QED) is 0.656. The largest absolute Gasteiger partial charge is 0.496 e. The molecule has 2 rings (SSSR count). The highest BCUT2D eigenvalue weighted by atomic mass is 32.2. The summed E-state index contributed by atoms with van der Waals surface area (Å²) in [5.74, 6) is 0.671. The average molecular weight is 302 g/mol. The first-order valence-corrected chi connectivity index (χ1v) is 7.45. The number of hydrogen-bond donors (Lipinski definition) is 2. The van der Waals surface area contributed by atoms with Crippen molar-refractivity contribution < 1.29 is 9.53 Å². The summed E-state index contributed by atoms with van der Waals surface area (Å²) in [6.07, 6.45) is 0. The van der Waals surface area contributed by atoms with Crippen molar-refractivity contribution in [2.75, 3.05) is 18.2 Å². The topological polar surface area (TPSA) is 64.3 Å². The number of amides is 1. The maximum Gasteiger partial charge on any atom is 0.237 e. The number of carbonyl (C=O) groups is 1. The van der Waals surface area contributed by atoms with Gasteiger partial charge in [0.15, 0.2) is 0 Å². The van der Waals surface area contributed by atoms with Crippen LogP contribution in [0.4, 0.5) is 11.4 Å². The standard InChI is InChI=1S/C16H18N2O2S/c1-11(21-15-10-6-5-9-14(15)20-2)16(19)18-13-8-4-3-7-12(13)17/h3-11H,17H2,1-2H3,(H,18,19). The van der Waals surface area contributed by atoms with Crippen molar-refractivity contribution in [2.45, 2.75) is 17.1 Å². The van der Waals surface area contributed by atoms with Gasteiger partial charge in [0.1, 0.15) is 5.75 Å². The fourth-order valence-corrected chi connectivity index (χ4v) is 2.78. The number of ether oxygens (including phenoxy) is 1. The van der Waals surface area contributed by atoms with Crippen LogP contribution in [0.3, 0.4) is 0 Å². The molecule has 0 aromatic heterocycles. The molecule has 1 atom stereocenters. The van der Waals surface area contributed by atoms with Gasteiger partial charge >= 0.3 is 0 Å². The predicted molar refractivity (Wildman–Crippen MR) is 87.8 cm³/mol. The summed E-state index contributed by atoms with van der Waals surface area (Å²) < 4.78 is 5.29. The van der Waals surface area contributed by atoms with Crippen LogP contribution in [0.5, 0.6) is 5.75 Å². The van der Waals surface area contributed by atoms with E-state index in [1.807, 2.05) is 43.3 Å². The van der Waals surface area contributed by atoms with Crippen LogP contribution in [-0.4, -0.2) is 18.3 Å². The summed E-state index contributed by atoms with van der Waals surface area (Å²) in [5.41, 5.74) is 7.02. The van der Waals surface area contributed by atoms with E-state index in [1.54, 1.807) is 19.2 Å². The van der Waals surface area contributed by atoms with Crippen molar-refractivity contribution >= 4 is 29.0 Å². The van der Waals surface area contributed by atoms with Gasteiger partial charge in [-0.3, -0.25) is 4.79 Å². The zero-order valence-electron chi connectivity index (χ0n) is 12.0. The van der Waals surface area contributed by atoms with Crippen molar-refractivity contribution in [3.8, 4) is 5.75 Å². The third-order valence-electron chi connectivity index (χ3n) is 2.96. The number of benzene rings is 2. The van der Waals surface area contributed by atoms with E-state index in [2.05, 4.69) is 5.32 Å². The molecule has 2 aromatic carbocycles. The van der Waals surface area contributed by atoms with Crippen LogP contribution < -0.4 is 15.8 Å². The second kappa shape index (κ2) is 7.04. The van der Waals surface area contributed by atoms with Gasteiger partial charge in [0.2, 0.25) is 5.91 Å². The lowest BCUT2D eigenvalue weighted by Crippen LogP contribution is -2.22. The van der Waals surface area contributed by atoms with Crippen molar-refractivity contribution in [3.63, 3.8) is 0 Å². The molecule has 0 heterocycles. The Labute approximate surface area is 128 Å². The lowest BCUT2D eigenvalue weighted by Gasteiger charge is -2.14. The molecule has 0 aliphatic heterocycles. The van der Waals surface area contributed by atoms with Crippen LogP contribution in [0.15, 0.2) is 53.4 Å². The first kappa shape index (κ1) is 15.3. The van der Waals surface area contributed by atoms with Gasteiger partial charge in [0, 0.05) is 0 Å². The monoisotopic (exact) mass is 302 g/mol. The van der Waals surface area contributed by atoms with E-state index in [-0.39, 0.29) is 11.2 Å². The number of nitrogens with two attached hydrogens (primary N) is 1. The Morgan fingerprint density at radius 3 is 2.57 bits per heavy atom. The molecule has 0 bridgehead atoms. The Hall–Kier alpha value is -2.14. The molecule has 0 aliphatic rings. The Kier molecular flexibility index (Phi) is 5.11. The second-order valence-corrected chi connectivity index (χ2v) is 5.87. The SMILES string of the molecule is COc1ccccc1SC(C)C(=O)Nc1ccccc1N. The van der Waals surface area contributed by atoms with E-state index >= 15 is 0 Å². The molecule has 0 saturated heterocycles. The highest BCUT2D eigenvalue weighted by Crippen LogP contribution is 2.32. The van der Waals surface area contributed by atoms with Gasteiger partial charge < -0.3 is 15.8 Å². The van der Waals surface area contributed by atoms with Crippen molar-refractivity contribution in [3.05, 3.63) is 48.5 Å². The molecule has 2 aromatic rings. The number of anilines is 2. The number of para-hydroxylation sites is 3. The molecular weight excluding hydrogens is 284 g/mol. The molecule has 0 radical (unpaired) electrons. The minimum Gasteiger partial charge on any atom is -0.496 e. The maximum atomic E-state index is 12.2. The number of nitrogen functional groups attached to an aromatic ring is 1. The Morgan fingerprint density at radius 1 is 1.19 bits per heavy atom. The lowest BCUT2D eigenvalue weighted by atomic mass is 10.2. The van der Waals surface area contributed by atoms with Crippen LogP contribution >= 0.6 is 11.8 Å². The third kappa shape index (κ3) is 3.92. The molecule has 1 unspecified atom stereocenters. The van der Waals surface area contributed by atoms with Crippen LogP contribution in [0, 0.1) is 0 Å². The number of rotatable bonds is 5. The minimum absolute atomic E-state index is 0.0937. The summed E-state index contributed by atoms with van der Waals surface area (Å²) in [6, 6.07) is 14.8. The highest BCUT2D eigenvalue weighted by molar-refractivity contribution is 8.00. The number of methoxy groups -OCH3 is 1. The summed E-state index contributed by atoms with van der Waals surface area (Å²) in [4.78, 5) is 13.2. The normalized spacial score (nSPS) is 11.7. The molecule has 0 saturated carbocycles. The summed E-state index contributed by atoms with van der Waals surface area (Å²) in [5, 5.41) is 2.58. The van der Waals surface area contributed by atoms with E-state index in [0.29, 0.717) is 11.4 Å². The van der Waals surface area contributed by atoms with Crippen molar-refractivity contribution in [2.24, 2.45) is 0 Å². The second-order valence-electron chi connectivity index (χ2n) is 4.49. The first-order valence-electron chi connectivity index (χ1n) is 6.57. The number of thioether (sulfide) groups is 1. The Morgan fingerprint density at radius 2 is 1.86 bits per heavy atom. The average Bonchev–Trinajstić information content (AvgIpc) is 2.50. The van der Waals surface area contributed by atoms with Crippen LogP contribution in [0.1, 0.15) is 6.92 Å².